The maximum absolute atomic E-state index is 11.2. The lowest BCUT2D eigenvalue weighted by Crippen LogP contribution is -2.04. The highest BCUT2D eigenvalue weighted by molar-refractivity contribution is 5.78. The summed E-state index contributed by atoms with van der Waals surface area (Å²) in [4.78, 5) is 11.2. The Labute approximate surface area is 76.6 Å². The van der Waals surface area contributed by atoms with Crippen molar-refractivity contribution in [3.05, 3.63) is 0 Å². The number of carbonyl (C=O) groups excluding carboxylic acids is 1. The van der Waals surface area contributed by atoms with Crippen molar-refractivity contribution in [3.8, 4) is 0 Å². The summed E-state index contributed by atoms with van der Waals surface area (Å²) in [7, 11) is 0. The number of hydrogen-bond acceptors (Lipinski definition) is 1. The standard InChI is InChI=1S/C11H22O/c1-4-6-8-10(3)9-11(12)7-5-2/h10H,4-9H2,1-3H3. The van der Waals surface area contributed by atoms with Crippen LogP contribution >= 0.6 is 0 Å². The summed E-state index contributed by atoms with van der Waals surface area (Å²) in [6.07, 6.45) is 6.29. The van der Waals surface area contributed by atoms with E-state index < -0.39 is 0 Å². The van der Waals surface area contributed by atoms with Gasteiger partial charge in [0.15, 0.2) is 0 Å². The van der Waals surface area contributed by atoms with Crippen molar-refractivity contribution in [3.63, 3.8) is 0 Å². The molecule has 1 atom stereocenters. The predicted octanol–water partition coefficient (Wildman–Crippen LogP) is 3.57. The minimum Gasteiger partial charge on any atom is -0.300 e. The molecular weight excluding hydrogens is 148 g/mol. The van der Waals surface area contributed by atoms with Gasteiger partial charge in [-0.15, -0.1) is 0 Å². The van der Waals surface area contributed by atoms with Crippen LogP contribution in [-0.2, 0) is 4.79 Å². The molecule has 0 bridgehead atoms. The number of hydrogen-bond donors (Lipinski definition) is 0. The third kappa shape index (κ3) is 6.38. The Hall–Kier alpha value is -0.330. The predicted molar refractivity (Wildman–Crippen MR) is 53.2 cm³/mol. The van der Waals surface area contributed by atoms with Crippen LogP contribution in [0.2, 0.25) is 0 Å². The second kappa shape index (κ2) is 7.33. The van der Waals surface area contributed by atoms with Crippen molar-refractivity contribution in [1.29, 1.82) is 0 Å². The van der Waals surface area contributed by atoms with E-state index in [1.54, 1.807) is 0 Å². The average Bonchev–Trinajstić information content (AvgIpc) is 2.01. The molecule has 0 heterocycles. The Morgan fingerprint density at radius 2 is 1.92 bits per heavy atom. The smallest absolute Gasteiger partial charge is 0.133 e. The normalized spacial score (nSPS) is 12.9. The minimum atomic E-state index is 0.445. The number of rotatable bonds is 7. The number of unbranched alkanes of at least 4 members (excludes halogenated alkanes) is 1. The van der Waals surface area contributed by atoms with Gasteiger partial charge in [-0.1, -0.05) is 40.0 Å². The Bertz CT molecular complexity index is 118. The number of carbonyl (C=O) groups is 1. The summed E-state index contributed by atoms with van der Waals surface area (Å²) >= 11 is 0. The highest BCUT2D eigenvalue weighted by Gasteiger charge is 2.07. The fourth-order valence-corrected chi connectivity index (χ4v) is 1.42. The Balaban J connectivity index is 3.40. The molecule has 0 spiro atoms. The molecule has 1 heteroatoms. The first-order valence-electron chi connectivity index (χ1n) is 5.22. The zero-order valence-corrected chi connectivity index (χ0v) is 8.73. The molecule has 0 aromatic heterocycles. The van der Waals surface area contributed by atoms with E-state index >= 15 is 0 Å². The first kappa shape index (κ1) is 11.7. The third-order valence-corrected chi connectivity index (χ3v) is 2.16. The second-order valence-electron chi connectivity index (χ2n) is 3.74. The third-order valence-electron chi connectivity index (χ3n) is 2.16. The molecule has 1 nitrogen and oxygen atoms in total. The van der Waals surface area contributed by atoms with E-state index in [1.807, 2.05) is 0 Å². The summed E-state index contributed by atoms with van der Waals surface area (Å²) in [6.45, 7) is 6.44. The number of ketones is 1. The molecule has 1 unspecified atom stereocenters. The van der Waals surface area contributed by atoms with E-state index in [9.17, 15) is 4.79 Å². The van der Waals surface area contributed by atoms with Gasteiger partial charge in [-0.05, 0) is 12.3 Å². The molecule has 0 saturated carbocycles. The second-order valence-corrected chi connectivity index (χ2v) is 3.74. The van der Waals surface area contributed by atoms with Crippen molar-refractivity contribution in [2.24, 2.45) is 5.92 Å². The molecule has 0 aromatic rings. The van der Waals surface area contributed by atoms with Gasteiger partial charge in [-0.2, -0.15) is 0 Å². The molecule has 0 saturated heterocycles. The fourth-order valence-electron chi connectivity index (χ4n) is 1.42. The Kier molecular flexibility index (Phi) is 7.12. The molecule has 0 radical (unpaired) electrons. The van der Waals surface area contributed by atoms with Crippen LogP contribution in [0, 0.1) is 5.92 Å². The molecule has 0 aliphatic heterocycles. The van der Waals surface area contributed by atoms with Gasteiger partial charge in [0.1, 0.15) is 5.78 Å². The van der Waals surface area contributed by atoms with Crippen LogP contribution in [0.3, 0.4) is 0 Å². The average molecular weight is 170 g/mol. The summed E-state index contributed by atoms with van der Waals surface area (Å²) in [5.41, 5.74) is 0. The molecule has 72 valence electrons. The quantitative estimate of drug-likeness (QED) is 0.571. The SMILES string of the molecule is CCCCC(C)CC(=O)CCC. The van der Waals surface area contributed by atoms with Crippen LogP contribution in [0.4, 0.5) is 0 Å². The van der Waals surface area contributed by atoms with E-state index in [4.69, 9.17) is 0 Å². The van der Waals surface area contributed by atoms with Crippen LogP contribution in [0.5, 0.6) is 0 Å². The van der Waals surface area contributed by atoms with E-state index in [2.05, 4.69) is 20.8 Å². The lowest BCUT2D eigenvalue weighted by atomic mass is 9.97. The van der Waals surface area contributed by atoms with Gasteiger partial charge >= 0.3 is 0 Å². The highest BCUT2D eigenvalue weighted by Crippen LogP contribution is 2.13. The molecule has 12 heavy (non-hydrogen) atoms. The van der Waals surface area contributed by atoms with E-state index in [-0.39, 0.29) is 0 Å². The first-order chi connectivity index (χ1) is 5.70. The molecule has 0 N–H and O–H groups in total. The van der Waals surface area contributed by atoms with Gasteiger partial charge in [0.2, 0.25) is 0 Å². The van der Waals surface area contributed by atoms with Gasteiger partial charge in [-0.25, -0.2) is 0 Å². The highest BCUT2D eigenvalue weighted by atomic mass is 16.1. The molecule has 0 aromatic carbocycles. The largest absolute Gasteiger partial charge is 0.300 e. The monoisotopic (exact) mass is 170 g/mol. The number of Topliss-reactive ketones (excluding diaryl/α,β-unsaturated/α-hetero) is 1. The van der Waals surface area contributed by atoms with Gasteiger partial charge in [0.05, 0.1) is 0 Å². The molecule has 0 rings (SSSR count). The molecule has 0 fully saturated rings. The van der Waals surface area contributed by atoms with Crippen LogP contribution in [0.15, 0.2) is 0 Å². The van der Waals surface area contributed by atoms with Gasteiger partial charge in [0, 0.05) is 12.8 Å². The first-order valence-corrected chi connectivity index (χ1v) is 5.22. The minimum absolute atomic E-state index is 0.445. The van der Waals surface area contributed by atoms with E-state index in [0.29, 0.717) is 11.7 Å². The summed E-state index contributed by atoms with van der Waals surface area (Å²) in [5, 5.41) is 0. The van der Waals surface area contributed by atoms with Crippen LogP contribution < -0.4 is 0 Å². The zero-order valence-electron chi connectivity index (χ0n) is 8.73. The molecule has 0 aliphatic rings. The zero-order chi connectivity index (χ0) is 9.40. The maximum Gasteiger partial charge on any atom is 0.133 e. The van der Waals surface area contributed by atoms with Crippen molar-refractivity contribution in [1.82, 2.24) is 0 Å². The van der Waals surface area contributed by atoms with Crippen LogP contribution in [0.1, 0.15) is 59.3 Å². The van der Waals surface area contributed by atoms with Crippen molar-refractivity contribution in [2.75, 3.05) is 0 Å². The lowest BCUT2D eigenvalue weighted by Gasteiger charge is -2.08. The van der Waals surface area contributed by atoms with Gasteiger partial charge in [-0.3, -0.25) is 4.79 Å². The Morgan fingerprint density at radius 3 is 2.42 bits per heavy atom. The van der Waals surface area contributed by atoms with Gasteiger partial charge < -0.3 is 0 Å². The molecule has 0 amide bonds. The molecular formula is C11H22O. The van der Waals surface area contributed by atoms with Crippen LogP contribution in [0.25, 0.3) is 0 Å². The topological polar surface area (TPSA) is 17.1 Å². The lowest BCUT2D eigenvalue weighted by molar-refractivity contribution is -0.119. The summed E-state index contributed by atoms with van der Waals surface area (Å²) < 4.78 is 0. The summed E-state index contributed by atoms with van der Waals surface area (Å²) in [5.74, 6) is 1.05. The van der Waals surface area contributed by atoms with Crippen molar-refractivity contribution < 1.29 is 4.79 Å². The van der Waals surface area contributed by atoms with Gasteiger partial charge in [0.25, 0.3) is 0 Å². The van der Waals surface area contributed by atoms with Crippen LogP contribution in [-0.4, -0.2) is 5.78 Å². The molecule has 0 aliphatic carbocycles. The maximum atomic E-state index is 11.2. The van der Waals surface area contributed by atoms with Crippen molar-refractivity contribution in [2.45, 2.75) is 59.3 Å². The van der Waals surface area contributed by atoms with E-state index in [0.717, 1.165) is 19.3 Å². The summed E-state index contributed by atoms with van der Waals surface area (Å²) in [6, 6.07) is 0. The fraction of sp³-hybridized carbons (Fsp3) is 0.909. The van der Waals surface area contributed by atoms with E-state index in [1.165, 1.54) is 19.3 Å². The van der Waals surface area contributed by atoms with Crippen molar-refractivity contribution >= 4 is 5.78 Å². The Morgan fingerprint density at radius 1 is 1.25 bits per heavy atom.